The smallest absolute Gasteiger partial charge is 1.00 e. The molecule has 0 aliphatic heterocycles. The van der Waals surface area contributed by atoms with Gasteiger partial charge in [0.1, 0.15) is 0 Å². The molecule has 0 amide bonds. The summed E-state index contributed by atoms with van der Waals surface area (Å²) in [5.41, 5.74) is -1.48. The Morgan fingerprint density at radius 3 is 1.76 bits per heavy atom. The van der Waals surface area contributed by atoms with E-state index in [1.165, 1.54) is 25.7 Å². The van der Waals surface area contributed by atoms with Crippen LogP contribution in [0.4, 0.5) is 0 Å². The molecule has 0 fully saturated rings. The number of carboxylic acids is 2. The second kappa shape index (κ2) is 15.5. The van der Waals surface area contributed by atoms with Crippen LogP contribution in [0.2, 0.25) is 0 Å². The first-order valence-electron chi connectivity index (χ1n) is 8.58. The van der Waals surface area contributed by atoms with Crippen LogP contribution in [-0.4, -0.2) is 22.2 Å². The first kappa shape index (κ1) is 27.6. The minimum absolute atomic E-state index is 0. The van der Waals surface area contributed by atoms with Crippen LogP contribution in [0.1, 0.15) is 73.1 Å². The molecule has 2 N–H and O–H groups in total. The van der Waals surface area contributed by atoms with Crippen LogP contribution in [0.3, 0.4) is 0 Å². The van der Waals surface area contributed by atoms with Crippen LogP contribution < -0.4 is 70.2 Å². The quantitative estimate of drug-likeness (QED) is 0.278. The summed E-state index contributed by atoms with van der Waals surface area (Å²) in [6, 6.07) is 8.31. The van der Waals surface area contributed by atoms with E-state index in [1.807, 2.05) is 0 Å². The van der Waals surface area contributed by atoms with Crippen molar-refractivity contribution in [1.29, 1.82) is 0 Å². The standard InChI is InChI=1S/C19H28O4.K.Li.2H/c1-2-3-4-5-6-7-8-12-15-19(17(20)21,18(22)23)16-13-10-9-11-14-16;;;;/h9-11,13-14H,2-8,12,15H2,1H3,(H,20,21)(H,22,23);;;;/q;2*+1;2*-1. The van der Waals surface area contributed by atoms with E-state index in [1.54, 1.807) is 30.3 Å². The first-order chi connectivity index (χ1) is 11.1. The van der Waals surface area contributed by atoms with Crippen molar-refractivity contribution in [1.82, 2.24) is 0 Å². The first-order valence-corrected chi connectivity index (χ1v) is 8.58. The van der Waals surface area contributed by atoms with E-state index in [-0.39, 0.29) is 79.5 Å². The summed E-state index contributed by atoms with van der Waals surface area (Å²) in [6.45, 7) is 2.18. The molecule has 0 bridgehead atoms. The van der Waals surface area contributed by atoms with Crippen LogP contribution in [-0.2, 0) is 15.0 Å². The fourth-order valence-corrected chi connectivity index (χ4v) is 2.94. The summed E-state index contributed by atoms with van der Waals surface area (Å²) >= 11 is 0. The Morgan fingerprint density at radius 1 is 0.880 bits per heavy atom. The van der Waals surface area contributed by atoms with Crippen molar-refractivity contribution in [2.75, 3.05) is 0 Å². The monoisotopic (exact) mass is 368 g/mol. The number of aliphatic carboxylic acids is 2. The molecule has 1 rings (SSSR count). The molecule has 6 heteroatoms. The van der Waals surface area contributed by atoms with Crippen molar-refractivity contribution in [3.05, 3.63) is 35.9 Å². The van der Waals surface area contributed by atoms with Crippen molar-refractivity contribution >= 4 is 11.9 Å². The van der Waals surface area contributed by atoms with Gasteiger partial charge >= 0.3 is 82.2 Å². The second-order valence-corrected chi connectivity index (χ2v) is 6.11. The van der Waals surface area contributed by atoms with Gasteiger partial charge in [-0.15, -0.1) is 0 Å². The zero-order valence-corrected chi connectivity index (χ0v) is 19.1. The van der Waals surface area contributed by atoms with Gasteiger partial charge in [-0.1, -0.05) is 88.6 Å². The predicted molar refractivity (Wildman–Crippen MR) is 92.8 cm³/mol. The molecule has 0 radical (unpaired) electrons. The van der Waals surface area contributed by atoms with Gasteiger partial charge in [-0.05, 0) is 12.0 Å². The minimum Gasteiger partial charge on any atom is -1.00 e. The maximum absolute atomic E-state index is 11.7. The van der Waals surface area contributed by atoms with Gasteiger partial charge in [-0.2, -0.15) is 0 Å². The number of rotatable bonds is 12. The summed E-state index contributed by atoms with van der Waals surface area (Å²) < 4.78 is 0. The molecule has 1 aromatic carbocycles. The number of unbranched alkanes of at least 4 members (excludes halogenated alkanes) is 7. The van der Waals surface area contributed by atoms with Crippen molar-refractivity contribution < 1.29 is 92.9 Å². The molecule has 0 saturated heterocycles. The van der Waals surface area contributed by atoms with Crippen LogP contribution in [0.15, 0.2) is 30.3 Å². The predicted octanol–water partition coefficient (Wildman–Crippen LogP) is -1.14. The van der Waals surface area contributed by atoms with E-state index >= 15 is 0 Å². The fourth-order valence-electron chi connectivity index (χ4n) is 2.94. The van der Waals surface area contributed by atoms with Gasteiger partial charge < -0.3 is 13.1 Å². The zero-order chi connectivity index (χ0) is 17.1. The van der Waals surface area contributed by atoms with Crippen LogP contribution in [0, 0.1) is 0 Å². The molecule has 25 heavy (non-hydrogen) atoms. The number of benzene rings is 1. The molecule has 0 aromatic heterocycles. The van der Waals surface area contributed by atoms with Crippen molar-refractivity contribution in [2.45, 2.75) is 70.1 Å². The minimum atomic E-state index is -1.83. The number of hydrogen-bond donors (Lipinski definition) is 2. The SMILES string of the molecule is CCCCCCCCCCC(C(=O)O)(C(=O)O)c1ccccc1.[H-].[H-].[K+].[Li+]. The fraction of sp³-hybridized carbons (Fsp3) is 0.579. The Labute approximate surface area is 208 Å². The third-order valence-corrected chi connectivity index (χ3v) is 4.40. The summed E-state index contributed by atoms with van der Waals surface area (Å²) in [7, 11) is 0. The molecule has 132 valence electrons. The maximum atomic E-state index is 11.7. The van der Waals surface area contributed by atoms with E-state index < -0.39 is 17.4 Å². The molecule has 0 atom stereocenters. The van der Waals surface area contributed by atoms with E-state index in [9.17, 15) is 19.8 Å². The average molecular weight is 368 g/mol. The number of hydrogen-bond acceptors (Lipinski definition) is 2. The third kappa shape index (κ3) is 8.75. The van der Waals surface area contributed by atoms with Crippen molar-refractivity contribution in [2.24, 2.45) is 0 Å². The van der Waals surface area contributed by atoms with Gasteiger partial charge in [-0.25, -0.2) is 0 Å². The summed E-state index contributed by atoms with van der Waals surface area (Å²) in [5.74, 6) is -2.56. The maximum Gasteiger partial charge on any atom is 1.00 e. The van der Waals surface area contributed by atoms with Gasteiger partial charge in [0.15, 0.2) is 5.41 Å². The molecule has 0 saturated carbocycles. The molecule has 0 heterocycles. The van der Waals surface area contributed by atoms with Gasteiger partial charge in [0.2, 0.25) is 0 Å². The van der Waals surface area contributed by atoms with Crippen LogP contribution in [0.25, 0.3) is 0 Å². The van der Waals surface area contributed by atoms with E-state index in [0.29, 0.717) is 12.0 Å². The Hall–Kier alpha value is 0.394. The largest absolute Gasteiger partial charge is 1.00 e. The number of carbonyl (C=O) groups is 2. The average Bonchev–Trinajstić information content (AvgIpc) is 2.54. The van der Waals surface area contributed by atoms with Crippen LogP contribution in [0.5, 0.6) is 0 Å². The van der Waals surface area contributed by atoms with Crippen molar-refractivity contribution in [3.8, 4) is 0 Å². The Kier molecular flexibility index (Phi) is 17.1. The molecular weight excluding hydrogens is 338 g/mol. The zero-order valence-electron chi connectivity index (χ0n) is 18.0. The third-order valence-electron chi connectivity index (χ3n) is 4.40. The Bertz CT molecular complexity index is 490. The molecule has 1 aromatic rings. The summed E-state index contributed by atoms with van der Waals surface area (Å²) in [6.07, 6.45) is 8.72. The Balaban J connectivity index is -0.000000661. The van der Waals surface area contributed by atoms with E-state index in [4.69, 9.17) is 0 Å². The topological polar surface area (TPSA) is 74.6 Å². The molecule has 0 unspecified atom stereocenters. The second-order valence-electron chi connectivity index (χ2n) is 6.11. The molecule has 0 spiro atoms. The molecule has 4 nitrogen and oxygen atoms in total. The van der Waals surface area contributed by atoms with Gasteiger partial charge in [-0.3, -0.25) is 9.59 Å². The van der Waals surface area contributed by atoms with Crippen molar-refractivity contribution in [3.63, 3.8) is 0 Å². The van der Waals surface area contributed by atoms with Gasteiger partial charge in [0, 0.05) is 0 Å². The van der Waals surface area contributed by atoms with Crippen LogP contribution >= 0.6 is 0 Å². The summed E-state index contributed by atoms with van der Waals surface area (Å²) in [5, 5.41) is 19.1. The van der Waals surface area contributed by atoms with Gasteiger partial charge in [0.25, 0.3) is 0 Å². The van der Waals surface area contributed by atoms with E-state index in [0.717, 1.165) is 19.3 Å². The number of carboxylic acid groups (broad SMARTS) is 2. The van der Waals surface area contributed by atoms with E-state index in [2.05, 4.69) is 6.92 Å². The normalized spacial score (nSPS) is 10.4. The molecule has 0 aliphatic rings. The molecule has 0 aliphatic carbocycles. The Morgan fingerprint density at radius 2 is 1.32 bits per heavy atom. The summed E-state index contributed by atoms with van der Waals surface area (Å²) in [4.78, 5) is 23.4. The van der Waals surface area contributed by atoms with Gasteiger partial charge in [0.05, 0.1) is 0 Å². The molecular formula is C19H30KLiO4.